The van der Waals surface area contributed by atoms with Gasteiger partial charge in [-0.2, -0.15) is 0 Å². The van der Waals surface area contributed by atoms with Gasteiger partial charge in [-0.05, 0) is 43.5 Å². The number of rotatable bonds is 8. The highest BCUT2D eigenvalue weighted by molar-refractivity contribution is 5.51. The third-order valence-corrected chi connectivity index (χ3v) is 3.41. The SMILES string of the molecule is CCCNCc1ccc(N(CCO)C2CC2)c(F)c1. The molecule has 0 atom stereocenters. The Morgan fingerprint density at radius 1 is 1.42 bits per heavy atom. The second-order valence-electron chi connectivity index (χ2n) is 5.11. The Kier molecular flexibility index (Phi) is 5.16. The van der Waals surface area contributed by atoms with E-state index < -0.39 is 0 Å². The summed E-state index contributed by atoms with van der Waals surface area (Å²) >= 11 is 0. The summed E-state index contributed by atoms with van der Waals surface area (Å²) in [6, 6.07) is 5.82. The zero-order valence-corrected chi connectivity index (χ0v) is 11.5. The van der Waals surface area contributed by atoms with Crippen LogP contribution in [0.3, 0.4) is 0 Å². The van der Waals surface area contributed by atoms with Gasteiger partial charge in [0.2, 0.25) is 0 Å². The fraction of sp³-hybridized carbons (Fsp3) is 0.600. The number of benzene rings is 1. The lowest BCUT2D eigenvalue weighted by Gasteiger charge is -2.24. The summed E-state index contributed by atoms with van der Waals surface area (Å²) in [5.41, 5.74) is 1.59. The Morgan fingerprint density at radius 3 is 2.79 bits per heavy atom. The highest BCUT2D eigenvalue weighted by atomic mass is 19.1. The fourth-order valence-corrected chi connectivity index (χ4v) is 2.30. The van der Waals surface area contributed by atoms with Gasteiger partial charge in [-0.1, -0.05) is 13.0 Å². The van der Waals surface area contributed by atoms with E-state index in [2.05, 4.69) is 12.2 Å². The van der Waals surface area contributed by atoms with Gasteiger partial charge in [0.15, 0.2) is 0 Å². The maximum Gasteiger partial charge on any atom is 0.146 e. The Labute approximate surface area is 114 Å². The van der Waals surface area contributed by atoms with Gasteiger partial charge in [0.05, 0.1) is 12.3 Å². The molecule has 1 saturated carbocycles. The molecule has 0 aromatic heterocycles. The molecule has 19 heavy (non-hydrogen) atoms. The van der Waals surface area contributed by atoms with Crippen LogP contribution in [0.5, 0.6) is 0 Å². The number of hydrogen-bond donors (Lipinski definition) is 2. The number of halogens is 1. The summed E-state index contributed by atoms with van der Waals surface area (Å²) in [6.45, 7) is 4.33. The monoisotopic (exact) mass is 266 g/mol. The molecule has 3 nitrogen and oxygen atoms in total. The average molecular weight is 266 g/mol. The molecule has 0 unspecified atom stereocenters. The van der Waals surface area contributed by atoms with E-state index in [0.29, 0.717) is 24.8 Å². The molecule has 0 bridgehead atoms. The maximum atomic E-state index is 14.2. The third kappa shape index (κ3) is 3.91. The van der Waals surface area contributed by atoms with Crippen molar-refractivity contribution in [3.05, 3.63) is 29.6 Å². The first-order chi connectivity index (χ1) is 9.26. The molecule has 0 heterocycles. The maximum absolute atomic E-state index is 14.2. The lowest BCUT2D eigenvalue weighted by molar-refractivity contribution is 0.301. The van der Waals surface area contributed by atoms with Crippen LogP contribution >= 0.6 is 0 Å². The Morgan fingerprint density at radius 2 is 2.21 bits per heavy atom. The van der Waals surface area contributed by atoms with Gasteiger partial charge in [-0.15, -0.1) is 0 Å². The number of aliphatic hydroxyl groups excluding tert-OH is 1. The van der Waals surface area contributed by atoms with Crippen LogP contribution in [0.25, 0.3) is 0 Å². The summed E-state index contributed by atoms with van der Waals surface area (Å²) in [5.74, 6) is -0.184. The molecule has 1 aliphatic carbocycles. The van der Waals surface area contributed by atoms with Crippen molar-refractivity contribution in [3.8, 4) is 0 Å². The van der Waals surface area contributed by atoms with Crippen LogP contribution in [-0.2, 0) is 6.54 Å². The van der Waals surface area contributed by atoms with Crippen LogP contribution in [0, 0.1) is 5.82 Å². The van der Waals surface area contributed by atoms with Gasteiger partial charge >= 0.3 is 0 Å². The van der Waals surface area contributed by atoms with Crippen molar-refractivity contribution < 1.29 is 9.50 Å². The number of nitrogens with zero attached hydrogens (tertiary/aromatic N) is 1. The van der Waals surface area contributed by atoms with Crippen LogP contribution in [-0.4, -0.2) is 30.8 Å². The molecule has 106 valence electrons. The highest BCUT2D eigenvalue weighted by Crippen LogP contribution is 2.33. The van der Waals surface area contributed by atoms with Gasteiger partial charge < -0.3 is 15.3 Å². The summed E-state index contributed by atoms with van der Waals surface area (Å²) in [6.07, 6.45) is 3.27. The quantitative estimate of drug-likeness (QED) is 0.709. The average Bonchev–Trinajstić information content (AvgIpc) is 3.21. The van der Waals surface area contributed by atoms with Crippen LogP contribution in [0.1, 0.15) is 31.7 Å². The van der Waals surface area contributed by atoms with Gasteiger partial charge in [0.25, 0.3) is 0 Å². The molecule has 0 aliphatic heterocycles. The standard InChI is InChI=1S/C15H23FN2O/c1-2-7-17-11-12-3-6-15(14(16)10-12)18(8-9-19)13-4-5-13/h3,6,10,13,17,19H,2,4-5,7-9,11H2,1H3. The van der Waals surface area contributed by atoms with Crippen LogP contribution in [0.15, 0.2) is 18.2 Å². The normalized spacial score (nSPS) is 14.7. The molecule has 1 aliphatic rings. The molecule has 0 spiro atoms. The third-order valence-electron chi connectivity index (χ3n) is 3.41. The van der Waals surface area contributed by atoms with Gasteiger partial charge in [0, 0.05) is 19.1 Å². The van der Waals surface area contributed by atoms with Crippen molar-refractivity contribution >= 4 is 5.69 Å². The van der Waals surface area contributed by atoms with E-state index in [4.69, 9.17) is 5.11 Å². The molecule has 1 aromatic carbocycles. The van der Waals surface area contributed by atoms with Crippen molar-refractivity contribution in [3.63, 3.8) is 0 Å². The predicted octanol–water partition coefficient (Wildman–Crippen LogP) is 2.29. The smallest absolute Gasteiger partial charge is 0.146 e. The second-order valence-corrected chi connectivity index (χ2v) is 5.11. The van der Waals surface area contributed by atoms with Crippen molar-refractivity contribution in [2.24, 2.45) is 0 Å². The molecular weight excluding hydrogens is 243 g/mol. The van der Waals surface area contributed by atoms with Crippen molar-refractivity contribution in [2.45, 2.75) is 38.8 Å². The van der Waals surface area contributed by atoms with E-state index in [9.17, 15) is 4.39 Å². The van der Waals surface area contributed by atoms with E-state index in [1.165, 1.54) is 0 Å². The zero-order chi connectivity index (χ0) is 13.7. The minimum absolute atomic E-state index is 0.0652. The van der Waals surface area contributed by atoms with E-state index in [1.807, 2.05) is 17.0 Å². The van der Waals surface area contributed by atoms with Crippen LogP contribution < -0.4 is 10.2 Å². The number of hydrogen-bond acceptors (Lipinski definition) is 3. The van der Waals surface area contributed by atoms with Crippen LogP contribution in [0.4, 0.5) is 10.1 Å². The summed E-state index contributed by atoms with van der Waals surface area (Å²) in [4.78, 5) is 1.98. The second kappa shape index (κ2) is 6.87. The van der Waals surface area contributed by atoms with Crippen molar-refractivity contribution in [2.75, 3.05) is 24.6 Å². The molecule has 0 radical (unpaired) electrons. The lowest BCUT2D eigenvalue weighted by Crippen LogP contribution is -2.29. The number of anilines is 1. The molecule has 1 fully saturated rings. The van der Waals surface area contributed by atoms with Crippen molar-refractivity contribution in [1.82, 2.24) is 5.32 Å². The molecule has 4 heteroatoms. The Bertz CT molecular complexity index is 407. The number of nitrogens with one attached hydrogen (secondary N) is 1. The number of aliphatic hydroxyl groups is 1. The first-order valence-electron chi connectivity index (χ1n) is 7.13. The summed E-state index contributed by atoms with van der Waals surface area (Å²) in [5, 5.41) is 12.4. The molecule has 1 aromatic rings. The minimum Gasteiger partial charge on any atom is -0.395 e. The highest BCUT2D eigenvalue weighted by Gasteiger charge is 2.30. The Hall–Kier alpha value is -1.13. The zero-order valence-electron chi connectivity index (χ0n) is 11.5. The lowest BCUT2D eigenvalue weighted by atomic mass is 10.1. The molecule has 0 amide bonds. The minimum atomic E-state index is -0.184. The van der Waals surface area contributed by atoms with E-state index in [1.54, 1.807) is 6.07 Å². The summed E-state index contributed by atoms with van der Waals surface area (Å²) < 4.78 is 14.2. The molecule has 0 saturated heterocycles. The topological polar surface area (TPSA) is 35.5 Å². The Balaban J connectivity index is 2.04. The molecule has 2 rings (SSSR count). The van der Waals surface area contributed by atoms with Gasteiger partial charge in [0.1, 0.15) is 5.82 Å². The molecular formula is C15H23FN2O. The van der Waals surface area contributed by atoms with E-state index in [0.717, 1.165) is 31.4 Å². The van der Waals surface area contributed by atoms with Crippen LogP contribution in [0.2, 0.25) is 0 Å². The first-order valence-corrected chi connectivity index (χ1v) is 7.13. The van der Waals surface area contributed by atoms with Crippen molar-refractivity contribution in [1.29, 1.82) is 0 Å². The van der Waals surface area contributed by atoms with E-state index in [-0.39, 0.29) is 12.4 Å². The largest absolute Gasteiger partial charge is 0.395 e. The summed E-state index contributed by atoms with van der Waals surface area (Å²) in [7, 11) is 0. The van der Waals surface area contributed by atoms with Gasteiger partial charge in [-0.3, -0.25) is 0 Å². The van der Waals surface area contributed by atoms with Gasteiger partial charge in [-0.25, -0.2) is 4.39 Å². The fourth-order valence-electron chi connectivity index (χ4n) is 2.30. The predicted molar refractivity (Wildman–Crippen MR) is 75.9 cm³/mol. The molecule has 2 N–H and O–H groups in total. The first kappa shape index (κ1) is 14.3. The van der Waals surface area contributed by atoms with E-state index >= 15 is 0 Å².